The van der Waals surface area contributed by atoms with Crippen molar-refractivity contribution in [1.82, 2.24) is 0 Å². The fourth-order valence-corrected chi connectivity index (χ4v) is 3.77. The normalized spacial score (nSPS) is 53.5. The summed E-state index contributed by atoms with van der Waals surface area (Å²) in [6.45, 7) is 7.15. The van der Waals surface area contributed by atoms with Gasteiger partial charge < -0.3 is 0 Å². The summed E-state index contributed by atoms with van der Waals surface area (Å²) in [6, 6.07) is 0. The third-order valence-electron chi connectivity index (χ3n) is 4.22. The average molecular weight is 170 g/mol. The molecule has 0 nitrogen and oxygen atoms in total. The van der Waals surface area contributed by atoms with Crippen molar-refractivity contribution in [1.29, 1.82) is 0 Å². The van der Waals surface area contributed by atoms with Crippen LogP contribution >= 0.6 is 12.6 Å². The van der Waals surface area contributed by atoms with Crippen LogP contribution in [0, 0.1) is 17.3 Å². The van der Waals surface area contributed by atoms with E-state index in [0.29, 0.717) is 10.2 Å². The molecule has 3 unspecified atom stereocenters. The van der Waals surface area contributed by atoms with Crippen molar-refractivity contribution in [2.24, 2.45) is 17.3 Å². The van der Waals surface area contributed by atoms with Crippen molar-refractivity contribution in [2.75, 3.05) is 0 Å². The van der Waals surface area contributed by atoms with E-state index >= 15 is 0 Å². The third kappa shape index (κ3) is 0.898. The monoisotopic (exact) mass is 170 g/mol. The van der Waals surface area contributed by atoms with Crippen LogP contribution in [-0.2, 0) is 0 Å². The molecule has 3 fully saturated rings. The maximum atomic E-state index is 4.76. The minimum absolute atomic E-state index is 0.332. The van der Waals surface area contributed by atoms with Crippen LogP contribution < -0.4 is 0 Å². The van der Waals surface area contributed by atoms with Crippen molar-refractivity contribution in [3.05, 3.63) is 0 Å². The molecule has 0 aromatic heterocycles. The zero-order valence-corrected chi connectivity index (χ0v) is 8.62. The average Bonchev–Trinajstić information content (AvgIpc) is 1.84. The highest BCUT2D eigenvalue weighted by Gasteiger charge is 2.57. The fourth-order valence-electron chi connectivity index (χ4n) is 3.20. The standard InChI is InChI=1S/C10H18S/c1-9(2)7-4-5-10(3,11)8(9)6-7/h7-8,11H,4-6H2,1-3H3. The molecule has 3 atom stereocenters. The second kappa shape index (κ2) is 1.99. The summed E-state index contributed by atoms with van der Waals surface area (Å²) in [4.78, 5) is 0. The molecule has 0 heterocycles. The highest BCUT2D eigenvalue weighted by Crippen LogP contribution is 2.64. The molecule has 0 saturated heterocycles. The Morgan fingerprint density at radius 2 is 1.91 bits per heavy atom. The third-order valence-corrected chi connectivity index (χ3v) is 4.76. The number of fused-ring (bicyclic) bond motifs is 2. The van der Waals surface area contributed by atoms with Gasteiger partial charge >= 0.3 is 0 Å². The lowest BCUT2D eigenvalue weighted by atomic mass is 9.45. The van der Waals surface area contributed by atoms with Gasteiger partial charge in [-0.25, -0.2) is 0 Å². The van der Waals surface area contributed by atoms with Gasteiger partial charge in [0.25, 0.3) is 0 Å². The van der Waals surface area contributed by atoms with Gasteiger partial charge in [0.2, 0.25) is 0 Å². The van der Waals surface area contributed by atoms with Gasteiger partial charge in [-0.15, -0.1) is 0 Å². The number of thiol groups is 1. The Kier molecular flexibility index (Phi) is 1.44. The molecule has 3 saturated carbocycles. The molecule has 0 N–H and O–H groups in total. The van der Waals surface area contributed by atoms with E-state index in [1.807, 2.05) is 0 Å². The molecular formula is C10H18S. The van der Waals surface area contributed by atoms with Crippen LogP contribution in [0.1, 0.15) is 40.0 Å². The first-order chi connectivity index (χ1) is 4.94. The highest BCUT2D eigenvalue weighted by atomic mass is 32.1. The maximum Gasteiger partial charge on any atom is 0.0135 e. The van der Waals surface area contributed by atoms with Gasteiger partial charge in [0.15, 0.2) is 0 Å². The van der Waals surface area contributed by atoms with Crippen molar-refractivity contribution < 1.29 is 0 Å². The molecule has 1 heteroatoms. The van der Waals surface area contributed by atoms with Crippen molar-refractivity contribution in [3.63, 3.8) is 0 Å². The fraction of sp³-hybridized carbons (Fsp3) is 1.00. The van der Waals surface area contributed by atoms with Crippen LogP contribution in [0.15, 0.2) is 0 Å². The number of rotatable bonds is 0. The Balaban J connectivity index is 2.23. The van der Waals surface area contributed by atoms with Crippen LogP contribution in [0.25, 0.3) is 0 Å². The molecular weight excluding hydrogens is 152 g/mol. The summed E-state index contributed by atoms with van der Waals surface area (Å²) in [7, 11) is 0. The summed E-state index contributed by atoms with van der Waals surface area (Å²) in [6.07, 6.45) is 4.17. The van der Waals surface area contributed by atoms with E-state index in [-0.39, 0.29) is 0 Å². The summed E-state index contributed by atoms with van der Waals surface area (Å²) in [5, 5.41) is 0. The molecule has 3 aliphatic carbocycles. The van der Waals surface area contributed by atoms with Gasteiger partial charge in [-0.3, -0.25) is 0 Å². The molecule has 0 aromatic rings. The van der Waals surface area contributed by atoms with Crippen LogP contribution in [0.4, 0.5) is 0 Å². The Morgan fingerprint density at radius 3 is 2.18 bits per heavy atom. The molecule has 3 aliphatic rings. The summed E-state index contributed by atoms with van der Waals surface area (Å²) in [5.41, 5.74) is 0.592. The van der Waals surface area contributed by atoms with Crippen molar-refractivity contribution in [2.45, 2.75) is 44.8 Å². The molecule has 0 aromatic carbocycles. The number of hydrogen-bond donors (Lipinski definition) is 1. The van der Waals surface area contributed by atoms with Crippen LogP contribution in [-0.4, -0.2) is 4.75 Å². The molecule has 3 rings (SSSR count). The van der Waals surface area contributed by atoms with Crippen LogP contribution in [0.3, 0.4) is 0 Å². The van der Waals surface area contributed by atoms with E-state index in [4.69, 9.17) is 12.6 Å². The topological polar surface area (TPSA) is 0 Å². The zero-order chi connectivity index (χ0) is 8.28. The van der Waals surface area contributed by atoms with E-state index in [0.717, 1.165) is 11.8 Å². The number of hydrogen-bond acceptors (Lipinski definition) is 1. The van der Waals surface area contributed by atoms with Gasteiger partial charge in [0.1, 0.15) is 0 Å². The van der Waals surface area contributed by atoms with Gasteiger partial charge in [-0.05, 0) is 36.5 Å². The van der Waals surface area contributed by atoms with Crippen molar-refractivity contribution in [3.8, 4) is 0 Å². The SMILES string of the molecule is CC1(S)CCC2CC1C2(C)C. The molecule has 64 valence electrons. The summed E-state index contributed by atoms with van der Waals surface area (Å²) >= 11 is 4.76. The van der Waals surface area contributed by atoms with E-state index in [9.17, 15) is 0 Å². The quantitative estimate of drug-likeness (QED) is 0.531. The van der Waals surface area contributed by atoms with E-state index in [1.54, 1.807) is 0 Å². The highest BCUT2D eigenvalue weighted by molar-refractivity contribution is 7.81. The second-order valence-electron chi connectivity index (χ2n) is 5.20. The zero-order valence-electron chi connectivity index (χ0n) is 7.72. The first-order valence-electron chi connectivity index (χ1n) is 4.67. The van der Waals surface area contributed by atoms with E-state index in [2.05, 4.69) is 20.8 Å². The maximum absolute atomic E-state index is 4.76. The predicted molar refractivity (Wildman–Crippen MR) is 52.0 cm³/mol. The van der Waals surface area contributed by atoms with Gasteiger partial charge in [-0.2, -0.15) is 12.6 Å². The summed E-state index contributed by atoms with van der Waals surface area (Å²) < 4.78 is 0.332. The largest absolute Gasteiger partial charge is 0.172 e. The van der Waals surface area contributed by atoms with Gasteiger partial charge in [0, 0.05) is 4.75 Å². The molecule has 2 bridgehead atoms. The first-order valence-corrected chi connectivity index (χ1v) is 5.12. The van der Waals surface area contributed by atoms with Crippen LogP contribution in [0.2, 0.25) is 0 Å². The molecule has 0 amide bonds. The van der Waals surface area contributed by atoms with Crippen molar-refractivity contribution >= 4 is 12.6 Å². The lowest BCUT2D eigenvalue weighted by Crippen LogP contribution is -2.57. The smallest absolute Gasteiger partial charge is 0.0135 e. The summed E-state index contributed by atoms with van der Waals surface area (Å²) in [5.74, 6) is 1.88. The van der Waals surface area contributed by atoms with E-state index in [1.165, 1.54) is 19.3 Å². The lowest BCUT2D eigenvalue weighted by Gasteiger charge is -2.63. The Labute approximate surface area is 75.2 Å². The minimum Gasteiger partial charge on any atom is -0.172 e. The van der Waals surface area contributed by atoms with Crippen LogP contribution in [0.5, 0.6) is 0 Å². The lowest BCUT2D eigenvalue weighted by molar-refractivity contribution is -0.0845. The Bertz CT molecular complexity index is 171. The first kappa shape index (κ1) is 7.97. The molecule has 0 aliphatic heterocycles. The Hall–Kier alpha value is 0.350. The molecule has 11 heavy (non-hydrogen) atoms. The molecule has 0 spiro atoms. The van der Waals surface area contributed by atoms with Gasteiger partial charge in [-0.1, -0.05) is 20.8 Å². The Morgan fingerprint density at radius 1 is 1.27 bits per heavy atom. The minimum atomic E-state index is 0.332. The van der Waals surface area contributed by atoms with E-state index < -0.39 is 0 Å². The second-order valence-corrected chi connectivity index (χ2v) is 6.22. The predicted octanol–water partition coefficient (Wildman–Crippen LogP) is 3.13. The molecule has 0 radical (unpaired) electrons. The van der Waals surface area contributed by atoms with Gasteiger partial charge in [0.05, 0.1) is 0 Å².